The Balaban J connectivity index is 0.00000280. The van der Waals surface area contributed by atoms with E-state index in [2.05, 4.69) is 5.32 Å². The Kier molecular flexibility index (Phi) is 7.06. The van der Waals surface area contributed by atoms with Gasteiger partial charge in [-0.25, -0.2) is 8.42 Å². The van der Waals surface area contributed by atoms with Gasteiger partial charge in [0, 0.05) is 25.2 Å². The number of carbonyl (C=O) groups is 1. The lowest BCUT2D eigenvalue weighted by Crippen LogP contribution is -2.54. The first kappa shape index (κ1) is 22.2. The summed E-state index contributed by atoms with van der Waals surface area (Å²) >= 11 is 0. The predicted octanol–water partition coefficient (Wildman–Crippen LogP) is 2.75. The van der Waals surface area contributed by atoms with Crippen molar-refractivity contribution in [2.45, 2.75) is 23.3 Å². The van der Waals surface area contributed by atoms with Gasteiger partial charge in [-0.2, -0.15) is 0 Å². The number of nitrogens with one attached hydrogen (secondary N) is 1. The van der Waals surface area contributed by atoms with E-state index in [1.807, 2.05) is 0 Å². The quantitative estimate of drug-likeness (QED) is 0.761. The Morgan fingerprint density at radius 3 is 2.36 bits per heavy atom. The largest absolute Gasteiger partial charge is 0.457 e. The van der Waals surface area contributed by atoms with Crippen molar-refractivity contribution in [2.24, 2.45) is 5.73 Å². The second-order valence-corrected chi connectivity index (χ2v) is 8.61. The topological polar surface area (TPSA) is 108 Å². The molecule has 0 saturated carbocycles. The number of nitrogens with two attached hydrogens (primary N) is 1. The Labute approximate surface area is 170 Å². The molecule has 1 aliphatic heterocycles. The molecule has 0 aliphatic carbocycles. The van der Waals surface area contributed by atoms with Crippen molar-refractivity contribution in [3.63, 3.8) is 0 Å². The molecule has 0 aromatic heterocycles. The normalized spacial score (nSPS) is 15.9. The van der Waals surface area contributed by atoms with E-state index in [0.717, 1.165) is 6.26 Å². The van der Waals surface area contributed by atoms with Gasteiger partial charge < -0.3 is 20.5 Å². The van der Waals surface area contributed by atoms with Crippen LogP contribution in [0, 0.1) is 0 Å². The average molecular weight is 427 g/mol. The zero-order chi connectivity index (χ0) is 19.5. The molecule has 0 unspecified atom stereocenters. The molecule has 9 heteroatoms. The van der Waals surface area contributed by atoms with Crippen LogP contribution in [0.4, 0.5) is 5.69 Å². The van der Waals surface area contributed by atoms with Gasteiger partial charge in [-0.1, -0.05) is 6.07 Å². The highest BCUT2D eigenvalue weighted by atomic mass is 35.5. The van der Waals surface area contributed by atoms with E-state index in [4.69, 9.17) is 15.2 Å². The standard InChI is InChI=1S/C19H22N2O5S.ClH/c1-27(23,24)17-4-2-3-16(13-17)26-15-7-5-14(6-8-15)21-18(22)19(20)9-11-25-12-10-19;/h2-8,13H,9-12,20H2,1H3,(H,21,22);1H. The van der Waals surface area contributed by atoms with Crippen LogP contribution in [-0.2, 0) is 19.4 Å². The molecule has 0 radical (unpaired) electrons. The minimum absolute atomic E-state index is 0. The fourth-order valence-electron chi connectivity index (χ4n) is 2.73. The first-order valence-corrected chi connectivity index (χ1v) is 10.4. The molecule has 1 saturated heterocycles. The van der Waals surface area contributed by atoms with Gasteiger partial charge in [0.2, 0.25) is 5.91 Å². The van der Waals surface area contributed by atoms with Crippen molar-refractivity contribution in [3.05, 3.63) is 48.5 Å². The summed E-state index contributed by atoms with van der Waals surface area (Å²) in [5.41, 5.74) is 5.85. The number of hydrogen-bond donors (Lipinski definition) is 2. The molecule has 2 aromatic rings. The Morgan fingerprint density at radius 2 is 1.75 bits per heavy atom. The number of amides is 1. The zero-order valence-electron chi connectivity index (χ0n) is 15.4. The van der Waals surface area contributed by atoms with E-state index in [0.29, 0.717) is 43.2 Å². The third-order valence-electron chi connectivity index (χ3n) is 4.42. The van der Waals surface area contributed by atoms with Crippen molar-refractivity contribution in [1.29, 1.82) is 0 Å². The molecule has 3 N–H and O–H groups in total. The van der Waals surface area contributed by atoms with Crippen LogP contribution < -0.4 is 15.8 Å². The van der Waals surface area contributed by atoms with Gasteiger partial charge in [-0.3, -0.25) is 4.79 Å². The SMILES string of the molecule is CS(=O)(=O)c1cccc(Oc2ccc(NC(=O)C3(N)CCOCC3)cc2)c1.Cl. The molecule has 1 aliphatic rings. The predicted molar refractivity (Wildman–Crippen MR) is 109 cm³/mol. The number of carbonyl (C=O) groups excluding carboxylic acids is 1. The van der Waals surface area contributed by atoms with Crippen LogP contribution in [-0.4, -0.2) is 39.3 Å². The molecule has 0 atom stereocenters. The lowest BCUT2D eigenvalue weighted by Gasteiger charge is -2.31. The molecule has 28 heavy (non-hydrogen) atoms. The minimum atomic E-state index is -3.30. The monoisotopic (exact) mass is 426 g/mol. The van der Waals surface area contributed by atoms with E-state index in [-0.39, 0.29) is 23.2 Å². The molecule has 7 nitrogen and oxygen atoms in total. The first-order valence-electron chi connectivity index (χ1n) is 8.52. The number of rotatable bonds is 5. The molecular weight excluding hydrogens is 404 g/mol. The smallest absolute Gasteiger partial charge is 0.244 e. The molecule has 1 heterocycles. The summed E-state index contributed by atoms with van der Waals surface area (Å²) in [6, 6.07) is 13.1. The summed E-state index contributed by atoms with van der Waals surface area (Å²) in [7, 11) is -3.30. The minimum Gasteiger partial charge on any atom is -0.457 e. The Hall–Kier alpha value is -2.13. The fourth-order valence-corrected chi connectivity index (χ4v) is 3.39. The molecule has 3 rings (SSSR count). The third-order valence-corrected chi connectivity index (χ3v) is 5.53. The molecule has 2 aromatic carbocycles. The highest BCUT2D eigenvalue weighted by Crippen LogP contribution is 2.26. The average Bonchev–Trinajstić information content (AvgIpc) is 2.63. The summed E-state index contributed by atoms with van der Waals surface area (Å²) in [4.78, 5) is 12.6. The number of halogens is 1. The van der Waals surface area contributed by atoms with E-state index >= 15 is 0 Å². The Morgan fingerprint density at radius 1 is 1.11 bits per heavy atom. The van der Waals surface area contributed by atoms with Crippen LogP contribution in [0.15, 0.2) is 53.4 Å². The van der Waals surface area contributed by atoms with Crippen molar-refractivity contribution in [2.75, 3.05) is 24.8 Å². The maximum absolute atomic E-state index is 12.4. The lowest BCUT2D eigenvalue weighted by atomic mass is 9.90. The van der Waals surface area contributed by atoms with Crippen molar-refractivity contribution in [3.8, 4) is 11.5 Å². The molecule has 0 bridgehead atoms. The van der Waals surface area contributed by atoms with Gasteiger partial charge in [0.25, 0.3) is 0 Å². The molecular formula is C19H23ClN2O5S. The second kappa shape index (κ2) is 8.91. The van der Waals surface area contributed by atoms with Gasteiger partial charge in [0.15, 0.2) is 9.84 Å². The maximum atomic E-state index is 12.4. The zero-order valence-corrected chi connectivity index (χ0v) is 17.0. The van der Waals surface area contributed by atoms with Crippen LogP contribution in [0.3, 0.4) is 0 Å². The van der Waals surface area contributed by atoms with Crippen LogP contribution in [0.1, 0.15) is 12.8 Å². The Bertz CT molecular complexity index is 926. The van der Waals surface area contributed by atoms with Crippen molar-refractivity contribution in [1.82, 2.24) is 0 Å². The van der Waals surface area contributed by atoms with Gasteiger partial charge in [-0.15, -0.1) is 12.4 Å². The lowest BCUT2D eigenvalue weighted by molar-refractivity contribution is -0.124. The number of sulfone groups is 1. The van der Waals surface area contributed by atoms with E-state index in [1.54, 1.807) is 36.4 Å². The number of benzene rings is 2. The summed E-state index contributed by atoms with van der Waals surface area (Å²) in [5.74, 6) is 0.699. The second-order valence-electron chi connectivity index (χ2n) is 6.60. The van der Waals surface area contributed by atoms with E-state index in [9.17, 15) is 13.2 Å². The van der Waals surface area contributed by atoms with Gasteiger partial charge in [-0.05, 0) is 55.3 Å². The van der Waals surface area contributed by atoms with Crippen LogP contribution in [0.25, 0.3) is 0 Å². The number of anilines is 1. The van der Waals surface area contributed by atoms with Gasteiger partial charge >= 0.3 is 0 Å². The summed E-state index contributed by atoms with van der Waals surface area (Å²) in [5, 5.41) is 2.82. The van der Waals surface area contributed by atoms with E-state index in [1.165, 1.54) is 12.1 Å². The summed E-state index contributed by atoms with van der Waals surface area (Å²) < 4.78 is 34.2. The molecule has 152 valence electrons. The van der Waals surface area contributed by atoms with Gasteiger partial charge in [0.1, 0.15) is 17.0 Å². The van der Waals surface area contributed by atoms with Crippen LogP contribution in [0.2, 0.25) is 0 Å². The van der Waals surface area contributed by atoms with Crippen molar-refractivity contribution >= 4 is 33.8 Å². The first-order chi connectivity index (χ1) is 12.8. The molecule has 0 spiro atoms. The highest BCUT2D eigenvalue weighted by molar-refractivity contribution is 7.90. The van der Waals surface area contributed by atoms with Crippen molar-refractivity contribution < 1.29 is 22.7 Å². The summed E-state index contributed by atoms with van der Waals surface area (Å²) in [6.07, 6.45) is 2.11. The van der Waals surface area contributed by atoms with Gasteiger partial charge in [0.05, 0.1) is 4.90 Å². The summed E-state index contributed by atoms with van der Waals surface area (Å²) in [6.45, 7) is 0.951. The number of hydrogen-bond acceptors (Lipinski definition) is 6. The molecule has 1 fully saturated rings. The fraction of sp³-hybridized carbons (Fsp3) is 0.316. The van der Waals surface area contributed by atoms with Crippen LogP contribution >= 0.6 is 12.4 Å². The number of ether oxygens (including phenoxy) is 2. The third kappa shape index (κ3) is 5.45. The van der Waals surface area contributed by atoms with Crippen LogP contribution in [0.5, 0.6) is 11.5 Å². The van der Waals surface area contributed by atoms with E-state index < -0.39 is 15.4 Å². The molecule has 1 amide bonds. The highest BCUT2D eigenvalue weighted by Gasteiger charge is 2.35. The maximum Gasteiger partial charge on any atom is 0.244 e.